The number of benzene rings is 1. The van der Waals surface area contributed by atoms with E-state index in [1.807, 2.05) is 0 Å². The van der Waals surface area contributed by atoms with E-state index in [9.17, 15) is 18.0 Å². The molecule has 0 unspecified atom stereocenters. The normalized spacial score (nSPS) is 21.6. The van der Waals surface area contributed by atoms with E-state index >= 15 is 0 Å². The fraction of sp³-hybridized carbons (Fsp3) is 0.467. The van der Waals surface area contributed by atoms with Crippen LogP contribution >= 0.6 is 0 Å². The van der Waals surface area contributed by atoms with Crippen LogP contribution in [0.15, 0.2) is 35.2 Å². The second-order valence-corrected chi connectivity index (χ2v) is 8.11. The average Bonchev–Trinajstić information content (AvgIpc) is 2.92. The Morgan fingerprint density at radius 2 is 1.91 bits per heavy atom. The quantitative estimate of drug-likeness (QED) is 0.818. The van der Waals surface area contributed by atoms with Gasteiger partial charge in [0.15, 0.2) is 0 Å². The lowest BCUT2D eigenvalue weighted by Crippen LogP contribution is -2.42. The molecule has 0 aromatic heterocycles. The number of nitrogens with zero attached hydrogens (tertiary/aromatic N) is 2. The van der Waals surface area contributed by atoms with E-state index in [-0.39, 0.29) is 23.9 Å². The first-order chi connectivity index (χ1) is 10.7. The number of likely N-dealkylation sites (N-methyl/N-ethyl adjacent to an activating group) is 1. The Hall–Kier alpha value is -1.93. The number of hydrogen-bond acceptors (Lipinski definition) is 4. The fourth-order valence-corrected chi connectivity index (χ4v) is 3.66. The van der Waals surface area contributed by atoms with Crippen molar-refractivity contribution >= 4 is 21.8 Å². The van der Waals surface area contributed by atoms with E-state index in [2.05, 4.69) is 0 Å². The summed E-state index contributed by atoms with van der Waals surface area (Å²) in [6, 6.07) is 7.94. The second-order valence-electron chi connectivity index (χ2n) is 6.06. The Bertz CT molecular complexity index is 705. The molecule has 1 saturated heterocycles. The van der Waals surface area contributed by atoms with Gasteiger partial charge in [0, 0.05) is 20.1 Å². The summed E-state index contributed by atoms with van der Waals surface area (Å²) in [6.07, 6.45) is 0.489. The third kappa shape index (κ3) is 3.53. The summed E-state index contributed by atoms with van der Waals surface area (Å²) >= 11 is 0. The van der Waals surface area contributed by atoms with Gasteiger partial charge in [-0.05, 0) is 25.5 Å². The van der Waals surface area contributed by atoms with Crippen molar-refractivity contribution in [3.63, 3.8) is 0 Å². The predicted molar refractivity (Wildman–Crippen MR) is 84.8 cm³/mol. The lowest BCUT2D eigenvalue weighted by atomic mass is 9.89. The standard InChI is InChI=1S/C15H21N3O4S/c1-15(14(16)20)8-9-18(11-15)13(19)10-17(2)23(21,22)12-6-4-3-5-7-12/h3-7H,8-11H2,1-2H3,(H2,16,20)/t15-/m1/s1. The molecule has 1 atom stereocenters. The van der Waals surface area contributed by atoms with Crippen LogP contribution in [0.25, 0.3) is 0 Å². The van der Waals surface area contributed by atoms with E-state index in [0.717, 1.165) is 4.31 Å². The SMILES string of the molecule is CN(CC(=O)N1CC[C@@](C)(C(N)=O)C1)S(=O)(=O)c1ccccc1. The van der Waals surface area contributed by atoms with E-state index in [0.29, 0.717) is 13.0 Å². The minimum absolute atomic E-state index is 0.138. The van der Waals surface area contributed by atoms with Crippen LogP contribution in [0, 0.1) is 5.41 Å². The van der Waals surface area contributed by atoms with Gasteiger partial charge in [0.1, 0.15) is 0 Å². The molecule has 1 aromatic rings. The van der Waals surface area contributed by atoms with Gasteiger partial charge >= 0.3 is 0 Å². The third-order valence-electron chi connectivity index (χ3n) is 4.23. The van der Waals surface area contributed by atoms with Crippen molar-refractivity contribution in [3.05, 3.63) is 30.3 Å². The molecule has 126 valence electrons. The zero-order valence-corrected chi connectivity index (χ0v) is 14.0. The first kappa shape index (κ1) is 17.4. The van der Waals surface area contributed by atoms with E-state index in [1.165, 1.54) is 24.1 Å². The van der Waals surface area contributed by atoms with Crippen LogP contribution in [0.5, 0.6) is 0 Å². The highest BCUT2D eigenvalue weighted by atomic mass is 32.2. The first-order valence-electron chi connectivity index (χ1n) is 7.26. The van der Waals surface area contributed by atoms with Gasteiger partial charge in [-0.2, -0.15) is 4.31 Å². The molecule has 1 heterocycles. The monoisotopic (exact) mass is 339 g/mol. The molecule has 0 radical (unpaired) electrons. The Morgan fingerprint density at radius 3 is 2.43 bits per heavy atom. The molecular formula is C15H21N3O4S. The number of amides is 2. The van der Waals surface area contributed by atoms with Gasteiger partial charge in [-0.25, -0.2) is 8.42 Å². The Balaban J connectivity index is 2.05. The molecule has 0 bridgehead atoms. The van der Waals surface area contributed by atoms with Crippen molar-refractivity contribution < 1.29 is 18.0 Å². The van der Waals surface area contributed by atoms with E-state index < -0.39 is 21.3 Å². The summed E-state index contributed by atoms with van der Waals surface area (Å²) in [5.74, 6) is -0.782. The number of primary amides is 1. The second kappa shape index (κ2) is 6.29. The van der Waals surface area contributed by atoms with Gasteiger partial charge in [0.25, 0.3) is 0 Å². The highest BCUT2D eigenvalue weighted by Crippen LogP contribution is 2.29. The molecule has 7 nitrogen and oxygen atoms in total. The molecule has 0 aliphatic carbocycles. The average molecular weight is 339 g/mol. The number of sulfonamides is 1. The molecule has 2 N–H and O–H groups in total. The van der Waals surface area contributed by atoms with Crippen LogP contribution in [0.4, 0.5) is 0 Å². The van der Waals surface area contributed by atoms with Crippen molar-refractivity contribution in [3.8, 4) is 0 Å². The lowest BCUT2D eigenvalue weighted by molar-refractivity contribution is -0.131. The summed E-state index contributed by atoms with van der Waals surface area (Å²) in [5, 5.41) is 0. The molecule has 0 saturated carbocycles. The van der Waals surface area contributed by atoms with Crippen molar-refractivity contribution in [2.45, 2.75) is 18.2 Å². The Kier molecular flexibility index (Phi) is 4.76. The topological polar surface area (TPSA) is 101 Å². The Morgan fingerprint density at radius 1 is 1.30 bits per heavy atom. The number of nitrogens with two attached hydrogens (primary N) is 1. The highest BCUT2D eigenvalue weighted by molar-refractivity contribution is 7.89. The molecule has 2 rings (SSSR count). The van der Waals surface area contributed by atoms with Crippen molar-refractivity contribution in [2.75, 3.05) is 26.7 Å². The number of carbonyl (C=O) groups is 2. The minimum Gasteiger partial charge on any atom is -0.369 e. The molecule has 8 heteroatoms. The van der Waals surface area contributed by atoms with Crippen LogP contribution in [-0.4, -0.2) is 56.1 Å². The molecule has 2 amide bonds. The van der Waals surface area contributed by atoms with Crippen molar-refractivity contribution in [1.29, 1.82) is 0 Å². The minimum atomic E-state index is -3.71. The summed E-state index contributed by atoms with van der Waals surface area (Å²) in [7, 11) is -2.35. The molecule has 1 fully saturated rings. The maximum absolute atomic E-state index is 12.4. The maximum atomic E-state index is 12.4. The van der Waals surface area contributed by atoms with Gasteiger partial charge in [-0.1, -0.05) is 18.2 Å². The predicted octanol–water partition coefficient (Wildman–Crippen LogP) is 0.0310. The van der Waals surface area contributed by atoms with Gasteiger partial charge < -0.3 is 10.6 Å². The molecule has 1 aliphatic heterocycles. The van der Waals surface area contributed by atoms with Crippen LogP contribution < -0.4 is 5.73 Å². The summed E-state index contributed by atoms with van der Waals surface area (Å²) in [6.45, 7) is 2.07. The summed E-state index contributed by atoms with van der Waals surface area (Å²) in [5.41, 5.74) is 4.61. The first-order valence-corrected chi connectivity index (χ1v) is 8.70. The molecule has 23 heavy (non-hydrogen) atoms. The molecular weight excluding hydrogens is 318 g/mol. The van der Waals surface area contributed by atoms with Gasteiger partial charge in [0.05, 0.1) is 16.9 Å². The highest BCUT2D eigenvalue weighted by Gasteiger charge is 2.41. The maximum Gasteiger partial charge on any atom is 0.243 e. The number of hydrogen-bond donors (Lipinski definition) is 1. The largest absolute Gasteiger partial charge is 0.369 e. The molecule has 0 spiro atoms. The molecule has 1 aromatic carbocycles. The van der Waals surface area contributed by atoms with Crippen molar-refractivity contribution in [1.82, 2.24) is 9.21 Å². The number of likely N-dealkylation sites (tertiary alicyclic amines) is 1. The number of rotatable bonds is 5. The van der Waals surface area contributed by atoms with Gasteiger partial charge in [0.2, 0.25) is 21.8 Å². The smallest absolute Gasteiger partial charge is 0.243 e. The van der Waals surface area contributed by atoms with Crippen LogP contribution in [0.3, 0.4) is 0 Å². The van der Waals surface area contributed by atoms with Crippen LogP contribution in [0.1, 0.15) is 13.3 Å². The Labute approximate surface area is 136 Å². The van der Waals surface area contributed by atoms with E-state index in [4.69, 9.17) is 5.73 Å². The van der Waals surface area contributed by atoms with Gasteiger partial charge in [-0.15, -0.1) is 0 Å². The van der Waals surface area contributed by atoms with Crippen molar-refractivity contribution in [2.24, 2.45) is 11.1 Å². The van der Waals surface area contributed by atoms with Gasteiger partial charge in [-0.3, -0.25) is 9.59 Å². The van der Waals surface area contributed by atoms with Crippen LogP contribution in [-0.2, 0) is 19.6 Å². The molecule has 1 aliphatic rings. The van der Waals surface area contributed by atoms with Crippen LogP contribution in [0.2, 0.25) is 0 Å². The summed E-state index contributed by atoms with van der Waals surface area (Å²) < 4.78 is 25.8. The number of carbonyl (C=O) groups excluding carboxylic acids is 2. The third-order valence-corrected chi connectivity index (χ3v) is 6.05. The lowest BCUT2D eigenvalue weighted by Gasteiger charge is -2.23. The van der Waals surface area contributed by atoms with E-state index in [1.54, 1.807) is 25.1 Å². The zero-order valence-electron chi connectivity index (χ0n) is 13.2. The zero-order chi connectivity index (χ0) is 17.3. The fourth-order valence-electron chi connectivity index (χ4n) is 2.52. The summed E-state index contributed by atoms with van der Waals surface area (Å²) in [4.78, 5) is 25.4.